The van der Waals surface area contributed by atoms with Gasteiger partial charge in [-0.25, -0.2) is 0 Å². The van der Waals surface area contributed by atoms with Crippen LogP contribution in [0.2, 0.25) is 5.02 Å². The van der Waals surface area contributed by atoms with Crippen LogP contribution in [-0.2, 0) is 0 Å². The van der Waals surface area contributed by atoms with E-state index in [1.165, 1.54) is 0 Å². The Bertz CT molecular complexity index is 497. The third kappa shape index (κ3) is 4.77. The Balaban J connectivity index is 0.00000242. The van der Waals surface area contributed by atoms with E-state index in [-0.39, 0.29) is 24.4 Å². The second-order valence-corrected chi connectivity index (χ2v) is 5.93. The SMILES string of the molecule is CCCOc1ccc(Cl)cc1C(=O)NC1CCCC1CN.Cl. The molecule has 2 atom stereocenters. The third-order valence-corrected chi connectivity index (χ3v) is 4.16. The number of nitrogens with one attached hydrogen (secondary N) is 1. The van der Waals surface area contributed by atoms with Crippen LogP contribution in [0, 0.1) is 5.92 Å². The van der Waals surface area contributed by atoms with Crippen LogP contribution in [0.25, 0.3) is 0 Å². The zero-order valence-electron chi connectivity index (χ0n) is 12.8. The fraction of sp³-hybridized carbons (Fsp3) is 0.562. The molecule has 1 aliphatic carbocycles. The van der Waals surface area contributed by atoms with Crippen molar-refractivity contribution in [3.05, 3.63) is 28.8 Å². The summed E-state index contributed by atoms with van der Waals surface area (Å²) in [5, 5.41) is 3.62. The molecule has 124 valence electrons. The monoisotopic (exact) mass is 346 g/mol. The molecule has 1 aliphatic rings. The molecule has 1 aromatic carbocycles. The van der Waals surface area contributed by atoms with Gasteiger partial charge in [0.15, 0.2) is 0 Å². The fourth-order valence-electron chi connectivity index (χ4n) is 2.77. The van der Waals surface area contributed by atoms with E-state index in [0.29, 0.717) is 35.4 Å². The van der Waals surface area contributed by atoms with Gasteiger partial charge in [-0.3, -0.25) is 4.79 Å². The molecule has 3 N–H and O–H groups in total. The minimum absolute atomic E-state index is 0. The number of hydrogen-bond acceptors (Lipinski definition) is 3. The topological polar surface area (TPSA) is 64.3 Å². The van der Waals surface area contributed by atoms with Crippen molar-refractivity contribution in [2.45, 2.75) is 38.6 Å². The van der Waals surface area contributed by atoms with Crippen LogP contribution in [0.3, 0.4) is 0 Å². The van der Waals surface area contributed by atoms with Crippen LogP contribution < -0.4 is 15.8 Å². The highest BCUT2D eigenvalue weighted by Gasteiger charge is 2.28. The van der Waals surface area contributed by atoms with Crippen LogP contribution >= 0.6 is 24.0 Å². The summed E-state index contributed by atoms with van der Waals surface area (Å²) in [6.07, 6.45) is 4.07. The summed E-state index contributed by atoms with van der Waals surface area (Å²) in [5.41, 5.74) is 6.26. The molecule has 0 spiro atoms. The van der Waals surface area contributed by atoms with Gasteiger partial charge in [-0.1, -0.05) is 24.9 Å². The third-order valence-electron chi connectivity index (χ3n) is 3.93. The Morgan fingerprint density at radius 2 is 2.23 bits per heavy atom. The van der Waals surface area contributed by atoms with Gasteiger partial charge in [0.05, 0.1) is 12.2 Å². The van der Waals surface area contributed by atoms with E-state index in [9.17, 15) is 4.79 Å². The average molecular weight is 347 g/mol. The van der Waals surface area contributed by atoms with Crippen molar-refractivity contribution in [1.82, 2.24) is 5.32 Å². The van der Waals surface area contributed by atoms with E-state index in [1.807, 2.05) is 6.92 Å². The number of carbonyl (C=O) groups excluding carboxylic acids is 1. The molecule has 0 aliphatic heterocycles. The van der Waals surface area contributed by atoms with Gasteiger partial charge in [-0.15, -0.1) is 12.4 Å². The largest absolute Gasteiger partial charge is 0.493 e. The maximum absolute atomic E-state index is 12.5. The molecule has 4 nitrogen and oxygen atoms in total. The van der Waals surface area contributed by atoms with E-state index in [0.717, 1.165) is 25.7 Å². The first-order valence-electron chi connectivity index (χ1n) is 7.59. The Kier molecular flexibility index (Phi) is 8.01. The normalized spacial score (nSPS) is 20.3. The van der Waals surface area contributed by atoms with E-state index in [4.69, 9.17) is 22.1 Å². The van der Waals surface area contributed by atoms with Gasteiger partial charge in [0.1, 0.15) is 5.75 Å². The highest BCUT2D eigenvalue weighted by Crippen LogP contribution is 2.27. The summed E-state index contributed by atoms with van der Waals surface area (Å²) in [6.45, 7) is 3.22. The van der Waals surface area contributed by atoms with Crippen LogP contribution in [0.5, 0.6) is 5.75 Å². The van der Waals surface area contributed by atoms with E-state index < -0.39 is 0 Å². The van der Waals surface area contributed by atoms with Crippen molar-refractivity contribution < 1.29 is 9.53 Å². The number of amides is 1. The van der Waals surface area contributed by atoms with Gasteiger partial charge >= 0.3 is 0 Å². The smallest absolute Gasteiger partial charge is 0.255 e. The Labute approximate surface area is 143 Å². The first-order chi connectivity index (χ1) is 10.2. The molecule has 1 saturated carbocycles. The lowest BCUT2D eigenvalue weighted by molar-refractivity contribution is 0.0924. The molecule has 0 saturated heterocycles. The molecule has 1 aromatic rings. The number of halogens is 2. The Hall–Kier alpha value is -0.970. The summed E-state index contributed by atoms with van der Waals surface area (Å²) in [7, 11) is 0. The lowest BCUT2D eigenvalue weighted by Crippen LogP contribution is -2.40. The average Bonchev–Trinajstić information content (AvgIpc) is 2.93. The summed E-state index contributed by atoms with van der Waals surface area (Å²) in [4.78, 5) is 12.5. The molecule has 22 heavy (non-hydrogen) atoms. The molecular weight excluding hydrogens is 323 g/mol. The van der Waals surface area contributed by atoms with Crippen LogP contribution in [0.15, 0.2) is 18.2 Å². The zero-order chi connectivity index (χ0) is 15.2. The summed E-state index contributed by atoms with van der Waals surface area (Å²) in [5.74, 6) is 0.822. The van der Waals surface area contributed by atoms with Crippen molar-refractivity contribution in [2.75, 3.05) is 13.2 Å². The molecular formula is C16H24Cl2N2O2. The van der Waals surface area contributed by atoms with Gasteiger partial charge in [0, 0.05) is 11.1 Å². The second kappa shape index (κ2) is 9.23. The lowest BCUT2D eigenvalue weighted by Gasteiger charge is -2.20. The Morgan fingerprint density at radius 1 is 1.45 bits per heavy atom. The molecule has 0 radical (unpaired) electrons. The summed E-state index contributed by atoms with van der Waals surface area (Å²) < 4.78 is 5.64. The summed E-state index contributed by atoms with van der Waals surface area (Å²) >= 11 is 6.01. The number of nitrogens with two attached hydrogens (primary N) is 1. The van der Waals surface area contributed by atoms with Crippen molar-refractivity contribution in [2.24, 2.45) is 11.7 Å². The lowest BCUT2D eigenvalue weighted by atomic mass is 10.0. The van der Waals surface area contributed by atoms with E-state index in [2.05, 4.69) is 5.32 Å². The molecule has 1 fully saturated rings. The van der Waals surface area contributed by atoms with Crippen molar-refractivity contribution in [3.8, 4) is 5.75 Å². The minimum Gasteiger partial charge on any atom is -0.493 e. The molecule has 6 heteroatoms. The second-order valence-electron chi connectivity index (χ2n) is 5.50. The minimum atomic E-state index is -0.131. The van der Waals surface area contributed by atoms with Gasteiger partial charge < -0.3 is 15.8 Å². The summed E-state index contributed by atoms with van der Waals surface area (Å²) in [6, 6.07) is 5.30. The van der Waals surface area contributed by atoms with Crippen molar-refractivity contribution in [1.29, 1.82) is 0 Å². The number of hydrogen-bond donors (Lipinski definition) is 2. The molecule has 2 unspecified atom stereocenters. The van der Waals surface area contributed by atoms with Crippen LogP contribution in [0.4, 0.5) is 0 Å². The van der Waals surface area contributed by atoms with Gasteiger partial charge in [0.2, 0.25) is 0 Å². The predicted molar refractivity (Wildman–Crippen MR) is 92.1 cm³/mol. The standard InChI is InChI=1S/C16H23ClN2O2.ClH/c1-2-8-21-15-7-6-12(17)9-13(15)16(20)19-14-5-3-4-11(14)10-18;/h6-7,9,11,14H,2-5,8,10,18H2,1H3,(H,19,20);1H. The maximum Gasteiger partial charge on any atom is 0.255 e. The number of carbonyl (C=O) groups is 1. The van der Waals surface area contributed by atoms with Crippen molar-refractivity contribution >= 4 is 29.9 Å². The molecule has 0 bridgehead atoms. The van der Waals surface area contributed by atoms with Gasteiger partial charge in [-0.05, 0) is 49.9 Å². The zero-order valence-corrected chi connectivity index (χ0v) is 14.4. The van der Waals surface area contributed by atoms with Crippen LogP contribution in [-0.4, -0.2) is 25.1 Å². The highest BCUT2D eigenvalue weighted by atomic mass is 35.5. The van der Waals surface area contributed by atoms with Crippen molar-refractivity contribution in [3.63, 3.8) is 0 Å². The number of ether oxygens (including phenoxy) is 1. The molecule has 2 rings (SSSR count). The van der Waals surface area contributed by atoms with Crippen LogP contribution in [0.1, 0.15) is 43.0 Å². The molecule has 0 heterocycles. The maximum atomic E-state index is 12.5. The highest BCUT2D eigenvalue weighted by molar-refractivity contribution is 6.31. The number of rotatable bonds is 6. The number of benzene rings is 1. The van der Waals surface area contributed by atoms with E-state index in [1.54, 1.807) is 18.2 Å². The fourth-order valence-corrected chi connectivity index (χ4v) is 2.94. The quantitative estimate of drug-likeness (QED) is 0.829. The molecule has 1 amide bonds. The predicted octanol–water partition coefficient (Wildman–Crippen LogP) is 3.41. The molecule has 0 aromatic heterocycles. The Morgan fingerprint density at radius 3 is 2.91 bits per heavy atom. The van der Waals surface area contributed by atoms with Gasteiger partial charge in [0.25, 0.3) is 5.91 Å². The first-order valence-corrected chi connectivity index (χ1v) is 7.96. The first kappa shape index (κ1) is 19.1. The van der Waals surface area contributed by atoms with Gasteiger partial charge in [-0.2, -0.15) is 0 Å². The van der Waals surface area contributed by atoms with E-state index >= 15 is 0 Å².